The zero-order valence-electron chi connectivity index (χ0n) is 59.7. The fourth-order valence-corrected chi connectivity index (χ4v) is 15.0. The average molecular weight is 1640 g/mol. The van der Waals surface area contributed by atoms with Crippen LogP contribution in [0.15, 0.2) is 127 Å². The maximum Gasteiger partial charge on any atom is 0.416 e. The number of carbonyl (C=O) groups excluding carboxylic acids is 3. The minimum atomic E-state index is -5.38. The summed E-state index contributed by atoms with van der Waals surface area (Å²) in [6, 6.07) is 18.2. The van der Waals surface area contributed by atoms with E-state index in [0.717, 1.165) is 65.0 Å². The molecule has 12 rings (SSSR count). The summed E-state index contributed by atoms with van der Waals surface area (Å²) in [6.07, 6.45) is -49.3. The van der Waals surface area contributed by atoms with Gasteiger partial charge in [0.25, 0.3) is 0 Å². The molecule has 5 unspecified atom stereocenters. The molecule has 0 aromatic heterocycles. The van der Waals surface area contributed by atoms with Crippen molar-refractivity contribution >= 4 is 34.4 Å². The summed E-state index contributed by atoms with van der Waals surface area (Å²) in [6.45, 7) is 3.50. The van der Waals surface area contributed by atoms with Gasteiger partial charge >= 0.3 is 55.6 Å². The molecule has 3 heterocycles. The van der Waals surface area contributed by atoms with E-state index in [1.54, 1.807) is 48.5 Å². The van der Waals surface area contributed by atoms with Gasteiger partial charge in [0, 0.05) is 80.3 Å². The van der Waals surface area contributed by atoms with E-state index in [0.29, 0.717) is 24.9 Å². The van der Waals surface area contributed by atoms with Crippen LogP contribution in [0.5, 0.6) is 0 Å². The Kier molecular flexibility index (Phi) is 24.0. The molecule has 6 aromatic carbocycles. The molecule has 618 valence electrons. The number of hydrogen-bond acceptors (Lipinski definition) is 8. The average Bonchev–Trinajstić information content (AvgIpc) is 1.64. The molecule has 113 heavy (non-hydrogen) atoms. The standard InChI is InChI=1S/2C26H24F9NO2.C26H24F9NO/c2*1-14(10-21(37)16-2-3-16)15-4-6-20(7-5-15)36-9-8-23(22(36)38,26(33,34)35)17-11-18(24(27,28)29)13-19(12-17)25(30,31)32;1-15(10-22(37)17-2-3-17)16-4-6-21(7-5-16)36-9-8-23(14-36,26(33,34)35)18-11-19(24(27,28)29)13-20(12-18)25(30,31)32/h2*4-7,11-14,16,22,38H,2-3,8-10H2,1H3;4-7,11-13,15,17H,2-3,8-10,14H2,1H3/t2*14-,22?,23?;15-,23?/m111/s1. The van der Waals surface area contributed by atoms with Crippen LogP contribution >= 0.6 is 0 Å². The van der Waals surface area contributed by atoms with E-state index in [9.17, 15) is 143 Å². The molecule has 6 aromatic rings. The van der Waals surface area contributed by atoms with Crippen LogP contribution < -0.4 is 14.7 Å². The van der Waals surface area contributed by atoms with Gasteiger partial charge in [-0.15, -0.1) is 0 Å². The molecule has 0 spiro atoms. The summed E-state index contributed by atoms with van der Waals surface area (Å²) in [5.74, 6) is 0.251. The van der Waals surface area contributed by atoms with Crippen LogP contribution in [0.3, 0.4) is 0 Å². The third-order valence-corrected chi connectivity index (χ3v) is 22.2. The minimum Gasteiger partial charge on any atom is -0.372 e. The fourth-order valence-electron chi connectivity index (χ4n) is 15.0. The molecule has 8 atom stereocenters. The molecule has 35 heteroatoms. The van der Waals surface area contributed by atoms with Crippen molar-refractivity contribution < 1.29 is 143 Å². The quantitative estimate of drug-likeness (QED) is 0.0821. The van der Waals surface area contributed by atoms with Gasteiger partial charge in [-0.05, 0) is 200 Å². The maximum absolute atomic E-state index is 14.5. The number of Topliss-reactive ketones (excluding diaryl/α,β-unsaturated/α-hetero) is 3. The second-order valence-electron chi connectivity index (χ2n) is 30.0. The fraction of sp³-hybridized carbons (Fsp3) is 0.500. The molecule has 3 saturated heterocycles. The highest BCUT2D eigenvalue weighted by Crippen LogP contribution is 2.57. The molecule has 3 aliphatic heterocycles. The van der Waals surface area contributed by atoms with Crippen LogP contribution in [0.4, 0.5) is 136 Å². The molecule has 6 fully saturated rings. The molecule has 0 radical (unpaired) electrons. The zero-order chi connectivity index (χ0) is 83.9. The topological polar surface area (TPSA) is 101 Å². The van der Waals surface area contributed by atoms with E-state index in [-0.39, 0.29) is 125 Å². The largest absolute Gasteiger partial charge is 0.416 e. The molecular weight excluding hydrogens is 1570 g/mol. The molecular formula is C78H72F27N3O5. The van der Waals surface area contributed by atoms with Gasteiger partial charge in [0.05, 0.1) is 33.4 Å². The van der Waals surface area contributed by atoms with Crippen LogP contribution in [0.1, 0.15) is 182 Å². The van der Waals surface area contributed by atoms with E-state index in [1.165, 1.54) is 29.2 Å². The molecule has 0 amide bonds. The predicted molar refractivity (Wildman–Crippen MR) is 357 cm³/mol. The van der Waals surface area contributed by atoms with Gasteiger partial charge in [0.15, 0.2) is 0 Å². The highest BCUT2D eigenvalue weighted by molar-refractivity contribution is 5.85. The third kappa shape index (κ3) is 18.8. The number of aliphatic hydroxyl groups is 2. The van der Waals surface area contributed by atoms with Crippen molar-refractivity contribution in [3.8, 4) is 0 Å². The predicted octanol–water partition coefficient (Wildman–Crippen LogP) is 22.4. The number of ketones is 3. The van der Waals surface area contributed by atoms with Crippen LogP contribution in [0, 0.1) is 17.8 Å². The first-order chi connectivity index (χ1) is 51.9. The number of hydrogen-bond donors (Lipinski definition) is 2. The number of aliphatic hydroxyl groups excluding tert-OH is 2. The normalized spacial score (nSPS) is 23.0. The lowest BCUT2D eigenvalue weighted by molar-refractivity contribution is -0.211. The number of benzene rings is 6. The summed E-state index contributed by atoms with van der Waals surface area (Å²) < 4.78 is 370. The van der Waals surface area contributed by atoms with Crippen LogP contribution in [-0.4, -0.2) is 84.7 Å². The number of rotatable bonds is 18. The van der Waals surface area contributed by atoms with Crippen LogP contribution in [0.2, 0.25) is 0 Å². The van der Waals surface area contributed by atoms with E-state index in [2.05, 4.69) is 0 Å². The molecule has 3 saturated carbocycles. The summed E-state index contributed by atoms with van der Waals surface area (Å²) >= 11 is 0. The van der Waals surface area contributed by atoms with E-state index >= 15 is 0 Å². The second-order valence-corrected chi connectivity index (χ2v) is 30.0. The van der Waals surface area contributed by atoms with Crippen molar-refractivity contribution in [3.63, 3.8) is 0 Å². The summed E-state index contributed by atoms with van der Waals surface area (Å²) in [5.41, 5.74) is -21.7. The summed E-state index contributed by atoms with van der Waals surface area (Å²) in [4.78, 5) is 39.4. The van der Waals surface area contributed by atoms with Gasteiger partial charge in [-0.2, -0.15) is 119 Å². The Hall–Kier alpha value is -8.24. The van der Waals surface area contributed by atoms with Crippen molar-refractivity contribution in [1.82, 2.24) is 0 Å². The van der Waals surface area contributed by atoms with Crippen molar-refractivity contribution in [1.29, 1.82) is 0 Å². The molecule has 3 aliphatic carbocycles. The van der Waals surface area contributed by atoms with Crippen molar-refractivity contribution in [2.24, 2.45) is 17.8 Å². The van der Waals surface area contributed by atoms with E-state index < -0.39 is 173 Å². The van der Waals surface area contributed by atoms with Crippen LogP contribution in [-0.2, 0) is 67.7 Å². The van der Waals surface area contributed by atoms with Gasteiger partial charge in [-0.25, -0.2) is 0 Å². The smallest absolute Gasteiger partial charge is 0.372 e. The first kappa shape index (κ1) is 87.2. The first-order valence-corrected chi connectivity index (χ1v) is 35.5. The SMILES string of the molecule is C[C@H](CC(=O)C1CC1)c1ccc(N2CCC(c3cc(C(F)(F)F)cc(C(F)(F)F)c3)(C(F)(F)F)C2)cc1.C[C@H](CC(=O)C1CC1)c1ccc(N2CCC(c3cc(C(F)(F)F)cc(C(F)(F)F)c3)(C(F)(F)F)C2O)cc1.C[C@H](CC(=O)C1CC1)c1ccc(N2CCC(c3cc(C(F)(F)F)cc(C(F)(F)F)c3)(C(F)(F)F)C2O)cc1. The molecule has 8 nitrogen and oxygen atoms in total. The lowest BCUT2D eigenvalue weighted by Crippen LogP contribution is -2.52. The second kappa shape index (κ2) is 31.1. The number of nitrogens with zero attached hydrogens (tertiary/aromatic N) is 3. The maximum atomic E-state index is 14.5. The van der Waals surface area contributed by atoms with Gasteiger partial charge in [-0.3, -0.25) is 14.4 Å². The minimum absolute atomic E-state index is 0.0249. The Labute approximate surface area is 628 Å². The highest BCUT2D eigenvalue weighted by atomic mass is 19.4. The number of alkyl halides is 27. The van der Waals surface area contributed by atoms with Gasteiger partial charge < -0.3 is 24.9 Å². The lowest BCUT2D eigenvalue weighted by atomic mass is 9.76. The van der Waals surface area contributed by atoms with Gasteiger partial charge in [-0.1, -0.05) is 57.2 Å². The third-order valence-electron chi connectivity index (χ3n) is 22.2. The van der Waals surface area contributed by atoms with Gasteiger partial charge in [0.1, 0.15) is 46.1 Å². The van der Waals surface area contributed by atoms with E-state index in [4.69, 9.17) is 0 Å². The number of halogens is 27. The molecule has 2 N–H and O–H groups in total. The van der Waals surface area contributed by atoms with Crippen molar-refractivity contribution in [2.45, 2.75) is 200 Å². The Morgan fingerprint density at radius 3 is 0.823 bits per heavy atom. The Balaban J connectivity index is 0.000000180. The van der Waals surface area contributed by atoms with Crippen molar-refractivity contribution in [2.75, 3.05) is 40.9 Å². The van der Waals surface area contributed by atoms with Gasteiger partial charge in [0.2, 0.25) is 0 Å². The Morgan fingerprint density at radius 1 is 0.345 bits per heavy atom. The van der Waals surface area contributed by atoms with Crippen LogP contribution in [0.25, 0.3) is 0 Å². The Bertz CT molecular complexity index is 4110. The summed E-state index contributed by atoms with van der Waals surface area (Å²) in [5, 5.41) is 21.8. The zero-order valence-corrected chi connectivity index (χ0v) is 59.7. The highest BCUT2D eigenvalue weighted by Gasteiger charge is 2.67. The monoisotopic (exact) mass is 1640 g/mol. The molecule has 6 aliphatic rings. The number of anilines is 3. The lowest BCUT2D eigenvalue weighted by Gasteiger charge is -2.38. The molecule has 0 bridgehead atoms. The summed E-state index contributed by atoms with van der Waals surface area (Å²) in [7, 11) is 0. The van der Waals surface area contributed by atoms with Crippen molar-refractivity contribution in [3.05, 3.63) is 194 Å². The van der Waals surface area contributed by atoms with E-state index in [1.807, 2.05) is 20.8 Å². The first-order valence-electron chi connectivity index (χ1n) is 35.5. The number of carbonyl (C=O) groups is 3. The Morgan fingerprint density at radius 2 is 0.593 bits per heavy atom.